The van der Waals surface area contributed by atoms with Crippen LogP contribution in [0.25, 0.3) is 0 Å². The fraction of sp³-hybridized carbons (Fsp3) is 0.318. The van der Waals surface area contributed by atoms with Crippen LogP contribution in [0, 0.1) is 5.82 Å². The van der Waals surface area contributed by atoms with E-state index in [1.165, 1.54) is 12.1 Å². The van der Waals surface area contributed by atoms with Gasteiger partial charge in [-0.05, 0) is 31.5 Å². The molecule has 0 fully saturated rings. The fourth-order valence-corrected chi connectivity index (χ4v) is 2.79. The molecule has 0 amide bonds. The Morgan fingerprint density at radius 2 is 2.10 bits per heavy atom. The first-order valence-corrected chi connectivity index (χ1v) is 9.98. The number of aliphatic hydroxyl groups is 1. The predicted octanol–water partition coefficient (Wildman–Crippen LogP) is 2.71. The molecule has 0 spiro atoms. The lowest BCUT2D eigenvalue weighted by molar-refractivity contribution is 0.0616. The number of pyridine rings is 1. The van der Waals surface area contributed by atoms with Gasteiger partial charge in [-0.3, -0.25) is 4.68 Å². The Bertz CT molecular complexity index is 1020. The second kappa shape index (κ2) is 10.0. The highest BCUT2D eigenvalue weighted by molar-refractivity contribution is 5.79. The van der Waals surface area contributed by atoms with Gasteiger partial charge in [-0.2, -0.15) is 5.10 Å². The highest BCUT2D eigenvalue weighted by Gasteiger charge is 2.25. The molecule has 3 rings (SSSR count). The van der Waals surface area contributed by atoms with E-state index in [1.54, 1.807) is 55.4 Å². The van der Waals surface area contributed by atoms with E-state index in [4.69, 9.17) is 4.74 Å². The molecular formula is C22H27FN6O2. The van der Waals surface area contributed by atoms with Gasteiger partial charge in [0.05, 0.1) is 19.3 Å². The fourth-order valence-electron chi connectivity index (χ4n) is 2.79. The Morgan fingerprint density at radius 1 is 1.26 bits per heavy atom. The van der Waals surface area contributed by atoms with Crippen molar-refractivity contribution in [3.8, 4) is 11.6 Å². The summed E-state index contributed by atoms with van der Waals surface area (Å²) in [5, 5.41) is 21.1. The number of aliphatic imine (C=N–C) groups is 1. The van der Waals surface area contributed by atoms with Gasteiger partial charge in [-0.1, -0.05) is 12.1 Å². The van der Waals surface area contributed by atoms with Crippen molar-refractivity contribution in [3.05, 3.63) is 71.9 Å². The normalized spacial score (nSPS) is 13.5. The maximum atomic E-state index is 13.3. The van der Waals surface area contributed by atoms with Gasteiger partial charge in [-0.15, -0.1) is 0 Å². The van der Waals surface area contributed by atoms with E-state index in [2.05, 4.69) is 25.7 Å². The van der Waals surface area contributed by atoms with E-state index in [0.717, 1.165) is 11.1 Å². The van der Waals surface area contributed by atoms with Crippen molar-refractivity contribution in [1.82, 2.24) is 25.4 Å². The van der Waals surface area contributed by atoms with Crippen LogP contribution >= 0.6 is 0 Å². The molecule has 0 radical (unpaired) electrons. The van der Waals surface area contributed by atoms with E-state index in [0.29, 0.717) is 30.7 Å². The van der Waals surface area contributed by atoms with Gasteiger partial charge in [0, 0.05) is 43.7 Å². The predicted molar refractivity (Wildman–Crippen MR) is 116 cm³/mol. The lowest BCUT2D eigenvalue weighted by atomic mass is 10.00. The first-order chi connectivity index (χ1) is 14.9. The van der Waals surface area contributed by atoms with Crippen molar-refractivity contribution in [3.63, 3.8) is 0 Å². The Balaban J connectivity index is 1.59. The minimum atomic E-state index is -1.10. The molecule has 0 saturated carbocycles. The van der Waals surface area contributed by atoms with Crippen LogP contribution in [0.3, 0.4) is 0 Å². The number of hydrogen-bond donors (Lipinski definition) is 3. The summed E-state index contributed by atoms with van der Waals surface area (Å²) in [4.78, 5) is 8.79. The summed E-state index contributed by atoms with van der Waals surface area (Å²) >= 11 is 0. The third kappa shape index (κ3) is 6.51. The van der Waals surface area contributed by atoms with Crippen molar-refractivity contribution in [2.24, 2.45) is 12.0 Å². The third-order valence-corrected chi connectivity index (χ3v) is 4.51. The molecule has 0 aliphatic carbocycles. The monoisotopic (exact) mass is 426 g/mol. The van der Waals surface area contributed by atoms with Gasteiger partial charge in [-0.25, -0.2) is 14.4 Å². The zero-order valence-corrected chi connectivity index (χ0v) is 17.8. The molecule has 0 aliphatic heterocycles. The van der Waals surface area contributed by atoms with Crippen molar-refractivity contribution in [2.45, 2.75) is 26.0 Å². The molecule has 2 aromatic heterocycles. The lowest BCUT2D eigenvalue weighted by Gasteiger charge is -2.23. The largest absolute Gasteiger partial charge is 0.439 e. The highest BCUT2D eigenvalue weighted by atomic mass is 19.1. The van der Waals surface area contributed by atoms with Gasteiger partial charge in [0.25, 0.3) is 0 Å². The van der Waals surface area contributed by atoms with Crippen LogP contribution in [-0.4, -0.2) is 38.9 Å². The zero-order valence-electron chi connectivity index (χ0n) is 17.8. The van der Waals surface area contributed by atoms with Crippen LogP contribution in [0.15, 0.2) is 60.0 Å². The molecule has 1 aromatic carbocycles. The van der Waals surface area contributed by atoms with Crippen LogP contribution in [-0.2, 0) is 19.2 Å². The Morgan fingerprint density at radius 3 is 2.74 bits per heavy atom. The number of halogens is 1. The van der Waals surface area contributed by atoms with Crippen LogP contribution in [0.1, 0.15) is 25.0 Å². The summed E-state index contributed by atoms with van der Waals surface area (Å²) in [7, 11) is 1.81. The van der Waals surface area contributed by atoms with Gasteiger partial charge < -0.3 is 20.5 Å². The first-order valence-electron chi connectivity index (χ1n) is 9.98. The SMILES string of the molecule is CCNC(=NCc1ccc(Oc2cccc(F)c2)nc1)NCC(C)(O)c1cnn(C)c1. The van der Waals surface area contributed by atoms with Crippen molar-refractivity contribution >= 4 is 5.96 Å². The maximum Gasteiger partial charge on any atom is 0.219 e. The summed E-state index contributed by atoms with van der Waals surface area (Å²) in [5.74, 6) is 0.967. The van der Waals surface area contributed by atoms with Crippen molar-refractivity contribution in [2.75, 3.05) is 13.1 Å². The number of aromatic nitrogens is 3. The molecule has 1 unspecified atom stereocenters. The van der Waals surface area contributed by atoms with Crippen molar-refractivity contribution in [1.29, 1.82) is 0 Å². The standard InChI is InChI=1S/C22H27FN6O2/c1-4-24-21(27-15-22(2,30)17-13-28-29(3)14-17)26-12-16-8-9-20(25-11-16)31-19-7-5-6-18(23)10-19/h5-11,13-14,30H,4,12,15H2,1-3H3,(H2,24,26,27). The Kier molecular flexibility index (Phi) is 7.19. The molecule has 3 aromatic rings. The minimum absolute atomic E-state index is 0.267. The third-order valence-electron chi connectivity index (χ3n) is 4.51. The summed E-state index contributed by atoms with van der Waals surface area (Å²) in [6.07, 6.45) is 5.09. The van der Waals surface area contributed by atoms with E-state index in [9.17, 15) is 9.50 Å². The molecule has 0 saturated heterocycles. The smallest absolute Gasteiger partial charge is 0.219 e. The van der Waals surface area contributed by atoms with Gasteiger partial charge in [0.2, 0.25) is 5.88 Å². The molecule has 9 heteroatoms. The van der Waals surface area contributed by atoms with Crippen LogP contribution in [0.5, 0.6) is 11.6 Å². The summed E-state index contributed by atoms with van der Waals surface area (Å²) in [6.45, 7) is 5.03. The Hall–Kier alpha value is -3.46. The molecular weight excluding hydrogens is 399 g/mol. The minimum Gasteiger partial charge on any atom is -0.439 e. The van der Waals surface area contributed by atoms with Crippen LogP contribution < -0.4 is 15.4 Å². The molecule has 2 heterocycles. The van der Waals surface area contributed by atoms with E-state index >= 15 is 0 Å². The summed E-state index contributed by atoms with van der Waals surface area (Å²) in [5.41, 5.74) is 0.501. The van der Waals surface area contributed by atoms with E-state index < -0.39 is 5.60 Å². The molecule has 3 N–H and O–H groups in total. The molecule has 0 aliphatic rings. The number of nitrogens with one attached hydrogen (secondary N) is 2. The second-order valence-electron chi connectivity index (χ2n) is 7.29. The van der Waals surface area contributed by atoms with E-state index in [1.807, 2.05) is 13.0 Å². The summed E-state index contributed by atoms with van der Waals surface area (Å²) in [6, 6.07) is 9.46. The summed E-state index contributed by atoms with van der Waals surface area (Å²) < 4.78 is 20.5. The number of aryl methyl sites for hydroxylation is 1. The maximum absolute atomic E-state index is 13.3. The zero-order chi connectivity index (χ0) is 22.3. The van der Waals surface area contributed by atoms with Crippen molar-refractivity contribution < 1.29 is 14.2 Å². The number of hydrogen-bond acceptors (Lipinski definition) is 5. The first kappa shape index (κ1) is 22.2. The number of rotatable bonds is 8. The van der Waals surface area contributed by atoms with E-state index in [-0.39, 0.29) is 12.4 Å². The topological polar surface area (TPSA) is 96.6 Å². The number of guanidine groups is 1. The number of benzene rings is 1. The number of ether oxygens (including phenoxy) is 1. The number of nitrogens with zero attached hydrogens (tertiary/aromatic N) is 4. The molecule has 0 bridgehead atoms. The lowest BCUT2D eigenvalue weighted by Crippen LogP contribution is -2.44. The van der Waals surface area contributed by atoms with Gasteiger partial charge >= 0.3 is 0 Å². The Labute approximate surface area is 180 Å². The van der Waals surface area contributed by atoms with Crippen LogP contribution in [0.2, 0.25) is 0 Å². The molecule has 164 valence electrons. The molecule has 8 nitrogen and oxygen atoms in total. The van der Waals surface area contributed by atoms with Gasteiger partial charge in [0.15, 0.2) is 5.96 Å². The second-order valence-corrected chi connectivity index (χ2v) is 7.29. The average Bonchev–Trinajstić information content (AvgIpc) is 3.19. The molecule has 1 atom stereocenters. The quantitative estimate of drug-likeness (QED) is 0.379. The van der Waals surface area contributed by atoms with Gasteiger partial charge in [0.1, 0.15) is 17.2 Å². The molecule has 31 heavy (non-hydrogen) atoms. The average molecular weight is 426 g/mol. The van der Waals surface area contributed by atoms with Crippen LogP contribution in [0.4, 0.5) is 4.39 Å². The highest BCUT2D eigenvalue weighted by Crippen LogP contribution is 2.20.